The number of halogens is 1. The summed E-state index contributed by atoms with van der Waals surface area (Å²) in [6.45, 7) is 1.73. The van der Waals surface area contributed by atoms with Crippen molar-refractivity contribution in [2.45, 2.75) is 6.92 Å². The van der Waals surface area contributed by atoms with Crippen LogP contribution in [0.5, 0.6) is 0 Å². The molecule has 0 saturated carbocycles. The molecule has 0 spiro atoms. The first kappa shape index (κ1) is 12.8. The Morgan fingerprint density at radius 2 is 2.17 bits per heavy atom. The molecule has 1 aromatic heterocycles. The molecular weight excluding hydrogens is 343 g/mol. The predicted molar refractivity (Wildman–Crippen MR) is 77.7 cm³/mol. The highest BCUT2D eigenvalue weighted by Crippen LogP contribution is 2.09. The number of rotatable bonds is 3. The molecule has 4 nitrogen and oxygen atoms in total. The molecule has 92 valence electrons. The van der Waals surface area contributed by atoms with E-state index in [1.807, 2.05) is 24.3 Å². The number of aryl methyl sites for hydroxylation is 1. The quantitative estimate of drug-likeness (QED) is 0.524. The second-order valence-corrected chi connectivity index (χ2v) is 4.77. The van der Waals surface area contributed by atoms with Gasteiger partial charge in [-0.05, 0) is 41.6 Å². The van der Waals surface area contributed by atoms with Gasteiger partial charge in [0.1, 0.15) is 5.76 Å². The molecule has 0 radical (unpaired) electrons. The summed E-state index contributed by atoms with van der Waals surface area (Å²) in [6, 6.07) is 9.40. The number of amides is 1. The van der Waals surface area contributed by atoms with E-state index in [9.17, 15) is 4.79 Å². The van der Waals surface area contributed by atoms with Crippen LogP contribution in [0, 0.1) is 10.5 Å². The number of nitrogens with zero attached hydrogens (tertiary/aromatic N) is 1. The van der Waals surface area contributed by atoms with Gasteiger partial charge in [-0.25, -0.2) is 5.43 Å². The first-order valence-electron chi connectivity index (χ1n) is 5.30. The SMILES string of the molecule is Cc1occc1C(=O)N/N=C\c1ccccc1I. The van der Waals surface area contributed by atoms with E-state index in [-0.39, 0.29) is 5.91 Å². The highest BCUT2D eigenvalue weighted by atomic mass is 127. The molecule has 1 aromatic carbocycles. The van der Waals surface area contributed by atoms with Crippen molar-refractivity contribution < 1.29 is 9.21 Å². The van der Waals surface area contributed by atoms with Gasteiger partial charge in [-0.15, -0.1) is 0 Å². The van der Waals surface area contributed by atoms with Crippen molar-refractivity contribution in [1.29, 1.82) is 0 Å². The normalized spacial score (nSPS) is 10.8. The second-order valence-electron chi connectivity index (χ2n) is 3.61. The van der Waals surface area contributed by atoms with Crippen LogP contribution in [-0.4, -0.2) is 12.1 Å². The van der Waals surface area contributed by atoms with Gasteiger partial charge in [-0.2, -0.15) is 5.10 Å². The van der Waals surface area contributed by atoms with Gasteiger partial charge in [-0.1, -0.05) is 18.2 Å². The minimum Gasteiger partial charge on any atom is -0.469 e. The van der Waals surface area contributed by atoms with Gasteiger partial charge in [0, 0.05) is 9.13 Å². The Balaban J connectivity index is 2.03. The van der Waals surface area contributed by atoms with Crippen molar-refractivity contribution in [2.75, 3.05) is 0 Å². The van der Waals surface area contributed by atoms with Gasteiger partial charge in [0.25, 0.3) is 5.91 Å². The minimum absolute atomic E-state index is 0.275. The number of furan rings is 1. The zero-order chi connectivity index (χ0) is 13.0. The van der Waals surface area contributed by atoms with Crippen LogP contribution in [0.4, 0.5) is 0 Å². The van der Waals surface area contributed by atoms with E-state index in [0.29, 0.717) is 11.3 Å². The molecule has 0 aliphatic carbocycles. The lowest BCUT2D eigenvalue weighted by Crippen LogP contribution is -2.17. The summed E-state index contributed by atoms with van der Waals surface area (Å²) in [5.41, 5.74) is 3.92. The van der Waals surface area contributed by atoms with Gasteiger partial charge in [0.05, 0.1) is 18.0 Å². The van der Waals surface area contributed by atoms with Crippen molar-refractivity contribution in [3.63, 3.8) is 0 Å². The molecule has 0 bridgehead atoms. The molecule has 1 N–H and O–H groups in total. The van der Waals surface area contributed by atoms with Crippen LogP contribution in [0.25, 0.3) is 0 Å². The first-order valence-corrected chi connectivity index (χ1v) is 6.38. The van der Waals surface area contributed by atoms with Crippen LogP contribution in [0.3, 0.4) is 0 Å². The molecule has 0 unspecified atom stereocenters. The predicted octanol–water partition coefficient (Wildman–Crippen LogP) is 2.96. The molecule has 5 heteroatoms. The van der Waals surface area contributed by atoms with Crippen LogP contribution in [0.2, 0.25) is 0 Å². The molecular formula is C13H11IN2O2. The number of hydrogen-bond acceptors (Lipinski definition) is 3. The summed E-state index contributed by atoms with van der Waals surface area (Å²) >= 11 is 2.21. The summed E-state index contributed by atoms with van der Waals surface area (Å²) in [6.07, 6.45) is 3.10. The molecule has 1 heterocycles. The van der Waals surface area contributed by atoms with Gasteiger partial charge >= 0.3 is 0 Å². The van der Waals surface area contributed by atoms with Crippen molar-refractivity contribution in [3.05, 3.63) is 57.1 Å². The third kappa shape index (κ3) is 2.98. The fourth-order valence-corrected chi connectivity index (χ4v) is 1.95. The van der Waals surface area contributed by atoms with Gasteiger partial charge in [0.2, 0.25) is 0 Å². The molecule has 0 fully saturated rings. The van der Waals surface area contributed by atoms with Crippen LogP contribution in [-0.2, 0) is 0 Å². The highest BCUT2D eigenvalue weighted by molar-refractivity contribution is 14.1. The zero-order valence-corrected chi connectivity index (χ0v) is 11.8. The van der Waals surface area contributed by atoms with E-state index >= 15 is 0 Å². The maximum atomic E-state index is 11.7. The Labute approximate surface area is 118 Å². The maximum absolute atomic E-state index is 11.7. The third-order valence-corrected chi connectivity index (χ3v) is 3.36. The van der Waals surface area contributed by atoms with Crippen molar-refractivity contribution in [2.24, 2.45) is 5.10 Å². The molecule has 18 heavy (non-hydrogen) atoms. The highest BCUT2D eigenvalue weighted by Gasteiger charge is 2.09. The van der Waals surface area contributed by atoms with E-state index in [4.69, 9.17) is 4.42 Å². The summed E-state index contributed by atoms with van der Waals surface area (Å²) in [5, 5.41) is 3.93. The third-order valence-electron chi connectivity index (χ3n) is 2.38. The van der Waals surface area contributed by atoms with E-state index in [0.717, 1.165) is 9.13 Å². The molecule has 2 aromatic rings. The topological polar surface area (TPSA) is 54.6 Å². The Hall–Kier alpha value is -1.63. The van der Waals surface area contributed by atoms with Crippen molar-refractivity contribution >= 4 is 34.7 Å². The Morgan fingerprint density at radius 3 is 2.83 bits per heavy atom. The summed E-state index contributed by atoms with van der Waals surface area (Å²) in [5.74, 6) is 0.306. The fourth-order valence-electron chi connectivity index (χ4n) is 1.42. The number of benzene rings is 1. The smallest absolute Gasteiger partial charge is 0.274 e. The van der Waals surface area contributed by atoms with Gasteiger partial charge in [-0.3, -0.25) is 4.79 Å². The monoisotopic (exact) mass is 354 g/mol. The van der Waals surface area contributed by atoms with Gasteiger partial charge in [0.15, 0.2) is 0 Å². The van der Waals surface area contributed by atoms with Crippen LogP contribution >= 0.6 is 22.6 Å². The number of hydrogen-bond donors (Lipinski definition) is 1. The summed E-state index contributed by atoms with van der Waals surface area (Å²) in [4.78, 5) is 11.7. The van der Waals surface area contributed by atoms with E-state index in [2.05, 4.69) is 33.1 Å². The minimum atomic E-state index is -0.275. The lowest BCUT2D eigenvalue weighted by atomic mass is 10.2. The van der Waals surface area contributed by atoms with Crippen molar-refractivity contribution in [3.8, 4) is 0 Å². The largest absolute Gasteiger partial charge is 0.469 e. The first-order chi connectivity index (χ1) is 8.68. The number of carbonyl (C=O) groups excluding carboxylic acids is 1. The Morgan fingerprint density at radius 1 is 1.39 bits per heavy atom. The average molecular weight is 354 g/mol. The fraction of sp³-hybridized carbons (Fsp3) is 0.0769. The molecule has 0 atom stereocenters. The number of nitrogens with one attached hydrogen (secondary N) is 1. The standard InChI is InChI=1S/C13H11IN2O2/c1-9-11(6-7-18-9)13(17)16-15-8-10-4-2-3-5-12(10)14/h2-8H,1H3,(H,16,17)/b15-8-. The maximum Gasteiger partial charge on any atom is 0.274 e. The lowest BCUT2D eigenvalue weighted by molar-refractivity contribution is 0.0953. The molecule has 0 saturated heterocycles. The Bertz CT molecular complexity index is 590. The number of carbonyl (C=O) groups is 1. The molecule has 0 aliphatic rings. The number of hydrazone groups is 1. The van der Waals surface area contributed by atoms with Gasteiger partial charge < -0.3 is 4.42 Å². The van der Waals surface area contributed by atoms with E-state index < -0.39 is 0 Å². The average Bonchev–Trinajstić information content (AvgIpc) is 2.78. The van der Waals surface area contributed by atoms with Crippen LogP contribution in [0.15, 0.2) is 46.1 Å². The molecule has 2 rings (SSSR count). The lowest BCUT2D eigenvalue weighted by Gasteiger charge is -1.98. The zero-order valence-electron chi connectivity index (χ0n) is 9.68. The van der Waals surface area contributed by atoms with E-state index in [1.54, 1.807) is 19.2 Å². The van der Waals surface area contributed by atoms with Crippen molar-refractivity contribution in [1.82, 2.24) is 5.43 Å². The molecule has 1 amide bonds. The molecule has 0 aliphatic heterocycles. The summed E-state index contributed by atoms with van der Waals surface area (Å²) < 4.78 is 6.13. The van der Waals surface area contributed by atoms with Crippen LogP contribution in [0.1, 0.15) is 21.7 Å². The summed E-state index contributed by atoms with van der Waals surface area (Å²) in [7, 11) is 0. The Kier molecular flexibility index (Phi) is 4.14. The van der Waals surface area contributed by atoms with Crippen LogP contribution < -0.4 is 5.43 Å². The second kappa shape index (κ2) is 5.81. The van der Waals surface area contributed by atoms with E-state index in [1.165, 1.54) is 6.26 Å².